The van der Waals surface area contributed by atoms with Crippen LogP contribution in [0.5, 0.6) is 0 Å². The summed E-state index contributed by atoms with van der Waals surface area (Å²) in [6.07, 6.45) is 7.43. The standard InChI is InChI=1S/C18H23N5O/c1-2-6-13-22-15-16(23(13)11-18(24)8-3-4-9-18)14-12(21-17(15)19)7-5-10-20-14/h5,7,10,24H,2-4,6,8-9,11H2,1H3,(H2,19,21). The Hall–Kier alpha value is -2.21. The summed E-state index contributed by atoms with van der Waals surface area (Å²) in [4.78, 5) is 13.7. The van der Waals surface area contributed by atoms with E-state index >= 15 is 0 Å². The molecule has 24 heavy (non-hydrogen) atoms. The SMILES string of the molecule is CCCc1nc2c(N)nc3cccnc3c2n1CC1(O)CCCC1. The molecule has 4 rings (SSSR count). The van der Waals surface area contributed by atoms with Gasteiger partial charge in [-0.2, -0.15) is 0 Å². The van der Waals surface area contributed by atoms with Crippen LogP contribution in [0.4, 0.5) is 5.82 Å². The first-order valence-electron chi connectivity index (χ1n) is 8.73. The van der Waals surface area contributed by atoms with Crippen LogP contribution in [-0.2, 0) is 13.0 Å². The molecule has 6 heteroatoms. The molecule has 3 aromatic heterocycles. The largest absolute Gasteiger partial charge is 0.388 e. The number of nitrogens with zero attached hydrogens (tertiary/aromatic N) is 4. The van der Waals surface area contributed by atoms with Crippen LogP contribution in [0.15, 0.2) is 18.3 Å². The minimum absolute atomic E-state index is 0.431. The number of fused-ring (bicyclic) bond motifs is 3. The number of aromatic nitrogens is 4. The number of nitrogen functional groups attached to an aromatic ring is 1. The van der Waals surface area contributed by atoms with E-state index in [0.717, 1.165) is 60.9 Å². The lowest BCUT2D eigenvalue weighted by Gasteiger charge is -2.24. The Kier molecular flexibility index (Phi) is 3.64. The van der Waals surface area contributed by atoms with Crippen LogP contribution >= 0.6 is 0 Å². The molecule has 0 spiro atoms. The minimum atomic E-state index is -0.657. The Morgan fingerprint density at radius 3 is 2.79 bits per heavy atom. The second-order valence-corrected chi connectivity index (χ2v) is 6.86. The van der Waals surface area contributed by atoms with Crippen molar-refractivity contribution in [2.45, 2.75) is 57.6 Å². The first-order chi connectivity index (χ1) is 11.6. The number of aryl methyl sites for hydroxylation is 1. The number of imidazole rings is 1. The van der Waals surface area contributed by atoms with Crippen LogP contribution in [0.1, 0.15) is 44.9 Å². The van der Waals surface area contributed by atoms with Crippen molar-refractivity contribution in [2.75, 3.05) is 5.73 Å². The first-order valence-corrected chi connectivity index (χ1v) is 8.73. The molecule has 0 radical (unpaired) electrons. The third-order valence-electron chi connectivity index (χ3n) is 5.00. The van der Waals surface area contributed by atoms with Gasteiger partial charge < -0.3 is 15.4 Å². The van der Waals surface area contributed by atoms with E-state index in [2.05, 4.69) is 21.5 Å². The minimum Gasteiger partial charge on any atom is -0.388 e. The van der Waals surface area contributed by atoms with E-state index in [0.29, 0.717) is 17.9 Å². The highest BCUT2D eigenvalue weighted by Crippen LogP contribution is 2.34. The van der Waals surface area contributed by atoms with Crippen LogP contribution < -0.4 is 5.73 Å². The molecule has 1 saturated carbocycles. The van der Waals surface area contributed by atoms with E-state index in [-0.39, 0.29) is 0 Å². The molecule has 3 N–H and O–H groups in total. The number of anilines is 1. The van der Waals surface area contributed by atoms with Gasteiger partial charge in [-0.15, -0.1) is 0 Å². The normalized spacial score (nSPS) is 17.1. The maximum absolute atomic E-state index is 10.9. The first kappa shape index (κ1) is 15.3. The van der Waals surface area contributed by atoms with Crippen LogP contribution in [0.25, 0.3) is 22.1 Å². The molecule has 0 aliphatic heterocycles. The van der Waals surface area contributed by atoms with Crippen LogP contribution in [0, 0.1) is 0 Å². The molecule has 0 saturated heterocycles. The van der Waals surface area contributed by atoms with Gasteiger partial charge in [-0.3, -0.25) is 4.98 Å². The highest BCUT2D eigenvalue weighted by Gasteiger charge is 2.33. The Balaban J connectivity index is 1.99. The maximum atomic E-state index is 10.9. The van der Waals surface area contributed by atoms with Crippen LogP contribution in [0.3, 0.4) is 0 Å². The predicted octanol–water partition coefficient (Wildman–Crippen LogP) is 2.82. The summed E-state index contributed by atoms with van der Waals surface area (Å²) in [7, 11) is 0. The molecule has 0 bridgehead atoms. The van der Waals surface area contributed by atoms with Gasteiger partial charge in [0.2, 0.25) is 0 Å². The lowest BCUT2D eigenvalue weighted by Crippen LogP contribution is -2.31. The summed E-state index contributed by atoms with van der Waals surface area (Å²) in [6.45, 7) is 2.68. The van der Waals surface area contributed by atoms with Gasteiger partial charge in [0, 0.05) is 12.6 Å². The second-order valence-electron chi connectivity index (χ2n) is 6.86. The molecule has 0 unspecified atom stereocenters. The summed E-state index contributed by atoms with van der Waals surface area (Å²) in [5.41, 5.74) is 8.68. The molecule has 0 aromatic carbocycles. The fourth-order valence-electron chi connectivity index (χ4n) is 3.84. The molecular formula is C18H23N5O. The number of hydrogen-bond acceptors (Lipinski definition) is 5. The zero-order chi connectivity index (χ0) is 16.7. The van der Waals surface area contributed by atoms with Gasteiger partial charge in [0.25, 0.3) is 0 Å². The zero-order valence-corrected chi connectivity index (χ0v) is 14.0. The topological polar surface area (TPSA) is 89.9 Å². The molecule has 0 amide bonds. The van der Waals surface area contributed by atoms with E-state index < -0.39 is 5.60 Å². The molecule has 6 nitrogen and oxygen atoms in total. The van der Waals surface area contributed by atoms with Crippen molar-refractivity contribution in [1.82, 2.24) is 19.5 Å². The summed E-state index contributed by atoms with van der Waals surface area (Å²) < 4.78 is 2.14. The van der Waals surface area contributed by atoms with E-state index in [1.165, 1.54) is 0 Å². The van der Waals surface area contributed by atoms with E-state index in [4.69, 9.17) is 10.7 Å². The van der Waals surface area contributed by atoms with Crippen molar-refractivity contribution in [1.29, 1.82) is 0 Å². The second kappa shape index (κ2) is 5.70. The highest BCUT2D eigenvalue weighted by molar-refractivity contribution is 6.04. The van der Waals surface area contributed by atoms with Crippen molar-refractivity contribution >= 4 is 27.9 Å². The van der Waals surface area contributed by atoms with Gasteiger partial charge in [-0.25, -0.2) is 9.97 Å². The maximum Gasteiger partial charge on any atom is 0.152 e. The molecule has 1 fully saturated rings. The Bertz CT molecular complexity index is 895. The number of pyridine rings is 2. The van der Waals surface area contributed by atoms with Gasteiger partial charge in [-0.05, 0) is 31.4 Å². The summed E-state index contributed by atoms with van der Waals surface area (Å²) in [5, 5.41) is 10.9. The number of nitrogens with two attached hydrogens (primary N) is 1. The van der Waals surface area contributed by atoms with Crippen molar-refractivity contribution in [2.24, 2.45) is 0 Å². The third kappa shape index (κ3) is 2.41. The molecule has 0 atom stereocenters. The third-order valence-corrected chi connectivity index (χ3v) is 5.00. The number of aliphatic hydroxyl groups is 1. The smallest absolute Gasteiger partial charge is 0.152 e. The number of hydrogen-bond donors (Lipinski definition) is 2. The van der Waals surface area contributed by atoms with Gasteiger partial charge in [0.05, 0.1) is 17.7 Å². The zero-order valence-electron chi connectivity index (χ0n) is 14.0. The van der Waals surface area contributed by atoms with Crippen LogP contribution in [-0.4, -0.2) is 30.2 Å². The van der Waals surface area contributed by atoms with Gasteiger partial charge in [0.1, 0.15) is 22.4 Å². The molecule has 126 valence electrons. The molecule has 3 heterocycles. The summed E-state index contributed by atoms with van der Waals surface area (Å²) in [5.74, 6) is 1.39. The van der Waals surface area contributed by atoms with E-state index in [9.17, 15) is 5.11 Å². The van der Waals surface area contributed by atoms with Gasteiger partial charge >= 0.3 is 0 Å². The van der Waals surface area contributed by atoms with Crippen molar-refractivity contribution < 1.29 is 5.11 Å². The van der Waals surface area contributed by atoms with Crippen molar-refractivity contribution in [3.05, 3.63) is 24.2 Å². The average molecular weight is 325 g/mol. The fraction of sp³-hybridized carbons (Fsp3) is 0.500. The highest BCUT2D eigenvalue weighted by atomic mass is 16.3. The fourth-order valence-corrected chi connectivity index (χ4v) is 3.84. The lowest BCUT2D eigenvalue weighted by atomic mass is 10.0. The Morgan fingerprint density at radius 2 is 2.04 bits per heavy atom. The molecule has 1 aliphatic rings. The average Bonchev–Trinajstić information content (AvgIpc) is 3.14. The van der Waals surface area contributed by atoms with Gasteiger partial charge in [0.15, 0.2) is 5.82 Å². The summed E-state index contributed by atoms with van der Waals surface area (Å²) >= 11 is 0. The summed E-state index contributed by atoms with van der Waals surface area (Å²) in [6, 6.07) is 3.78. The molecule has 3 aromatic rings. The lowest BCUT2D eigenvalue weighted by molar-refractivity contribution is 0.0302. The Labute approximate surface area is 140 Å². The monoisotopic (exact) mass is 325 g/mol. The molecular weight excluding hydrogens is 302 g/mol. The number of rotatable bonds is 4. The van der Waals surface area contributed by atoms with Crippen LogP contribution in [0.2, 0.25) is 0 Å². The molecule has 1 aliphatic carbocycles. The van der Waals surface area contributed by atoms with E-state index in [1.807, 2.05) is 12.1 Å². The van der Waals surface area contributed by atoms with E-state index in [1.54, 1.807) is 6.20 Å². The predicted molar refractivity (Wildman–Crippen MR) is 94.7 cm³/mol. The van der Waals surface area contributed by atoms with Gasteiger partial charge in [-0.1, -0.05) is 19.8 Å². The quantitative estimate of drug-likeness (QED) is 0.770. The Morgan fingerprint density at radius 1 is 1.25 bits per heavy atom. The van der Waals surface area contributed by atoms with Crippen molar-refractivity contribution in [3.8, 4) is 0 Å². The van der Waals surface area contributed by atoms with Crippen molar-refractivity contribution in [3.63, 3.8) is 0 Å².